The maximum atomic E-state index is 12.6. The van der Waals surface area contributed by atoms with E-state index >= 15 is 0 Å². The van der Waals surface area contributed by atoms with Gasteiger partial charge >= 0.3 is 11.9 Å². The molecule has 1 heterocycles. The van der Waals surface area contributed by atoms with E-state index in [0.29, 0.717) is 17.0 Å². The molecule has 28 heavy (non-hydrogen) atoms. The number of carbonyl (C=O) groups excluding carboxylic acids is 2. The second kappa shape index (κ2) is 9.13. The van der Waals surface area contributed by atoms with E-state index in [1.807, 2.05) is 60.7 Å². The first kappa shape index (κ1) is 19.5. The van der Waals surface area contributed by atoms with Crippen molar-refractivity contribution in [3.8, 4) is 0 Å². The van der Waals surface area contributed by atoms with Gasteiger partial charge in [0, 0.05) is 11.4 Å². The molecule has 5 heteroatoms. The van der Waals surface area contributed by atoms with Gasteiger partial charge in [-0.2, -0.15) is 0 Å². The number of ether oxygens (including phenoxy) is 2. The van der Waals surface area contributed by atoms with Gasteiger partial charge in [0.1, 0.15) is 13.2 Å². The van der Waals surface area contributed by atoms with Crippen molar-refractivity contribution in [2.75, 3.05) is 0 Å². The van der Waals surface area contributed by atoms with Crippen LogP contribution in [0, 0.1) is 5.92 Å². The highest BCUT2D eigenvalue weighted by molar-refractivity contribution is 6.04. The third-order valence-electron chi connectivity index (χ3n) is 4.66. The van der Waals surface area contributed by atoms with Gasteiger partial charge in [0.25, 0.3) is 0 Å². The summed E-state index contributed by atoms with van der Waals surface area (Å²) in [6, 6.07) is 18.9. The number of aliphatic imine (C=N–C) groups is 1. The van der Waals surface area contributed by atoms with E-state index in [4.69, 9.17) is 9.47 Å². The van der Waals surface area contributed by atoms with Gasteiger partial charge in [0.15, 0.2) is 0 Å². The summed E-state index contributed by atoms with van der Waals surface area (Å²) in [6.07, 6.45) is 0.239. The number of hydrogen-bond acceptors (Lipinski definition) is 5. The van der Waals surface area contributed by atoms with Crippen LogP contribution in [0.1, 0.15) is 31.4 Å². The van der Waals surface area contributed by atoms with Gasteiger partial charge in [0.05, 0.1) is 11.5 Å². The fourth-order valence-corrected chi connectivity index (χ4v) is 3.03. The van der Waals surface area contributed by atoms with Crippen molar-refractivity contribution in [3.63, 3.8) is 0 Å². The molecule has 0 saturated heterocycles. The minimum Gasteiger partial charge on any atom is -0.460 e. The molecule has 0 bridgehead atoms. The van der Waals surface area contributed by atoms with Crippen LogP contribution in [-0.2, 0) is 32.3 Å². The third-order valence-corrected chi connectivity index (χ3v) is 4.66. The summed E-state index contributed by atoms with van der Waals surface area (Å²) >= 11 is 0. The summed E-state index contributed by atoms with van der Waals surface area (Å²) in [7, 11) is 0. The Hall–Kier alpha value is -3.21. The largest absolute Gasteiger partial charge is 0.460 e. The van der Waals surface area contributed by atoms with Gasteiger partial charge < -0.3 is 9.47 Å². The maximum absolute atomic E-state index is 12.6. The Labute approximate surface area is 164 Å². The molecule has 0 saturated carbocycles. The zero-order valence-electron chi connectivity index (χ0n) is 16.1. The van der Waals surface area contributed by atoms with Crippen molar-refractivity contribution >= 4 is 17.7 Å². The smallest absolute Gasteiger partial charge is 0.336 e. The molecule has 5 nitrogen and oxygen atoms in total. The number of benzene rings is 2. The van der Waals surface area contributed by atoms with Crippen LogP contribution in [0.3, 0.4) is 0 Å². The molecular weight excluding hydrogens is 354 g/mol. The lowest BCUT2D eigenvalue weighted by Crippen LogP contribution is -2.29. The summed E-state index contributed by atoms with van der Waals surface area (Å²) in [4.78, 5) is 29.5. The molecule has 144 valence electrons. The fourth-order valence-electron chi connectivity index (χ4n) is 3.03. The topological polar surface area (TPSA) is 65.0 Å². The Kier molecular flexibility index (Phi) is 6.37. The van der Waals surface area contributed by atoms with Crippen molar-refractivity contribution in [2.24, 2.45) is 10.9 Å². The van der Waals surface area contributed by atoms with Crippen LogP contribution in [0.25, 0.3) is 0 Å². The van der Waals surface area contributed by atoms with Gasteiger partial charge in [-0.25, -0.2) is 4.79 Å². The first-order chi connectivity index (χ1) is 13.5. The molecule has 0 aliphatic carbocycles. The van der Waals surface area contributed by atoms with E-state index in [9.17, 15) is 9.59 Å². The Morgan fingerprint density at radius 1 is 0.893 bits per heavy atom. The normalized spacial score (nSPS) is 16.4. The van der Waals surface area contributed by atoms with E-state index in [2.05, 4.69) is 4.99 Å². The molecule has 0 amide bonds. The maximum Gasteiger partial charge on any atom is 0.336 e. The first-order valence-electron chi connectivity index (χ1n) is 9.21. The number of esters is 2. The third kappa shape index (κ3) is 4.94. The SMILES string of the molecule is CC1=NC(C)=C(C(=O)OCc2ccccc2)CC1C(=O)OCc1ccccc1. The van der Waals surface area contributed by atoms with Crippen LogP contribution >= 0.6 is 0 Å². The highest BCUT2D eigenvalue weighted by Gasteiger charge is 2.32. The highest BCUT2D eigenvalue weighted by Crippen LogP contribution is 2.27. The van der Waals surface area contributed by atoms with Crippen LogP contribution < -0.4 is 0 Å². The van der Waals surface area contributed by atoms with Gasteiger partial charge in [0.2, 0.25) is 0 Å². The summed E-state index contributed by atoms with van der Waals surface area (Å²) < 4.78 is 10.8. The van der Waals surface area contributed by atoms with Crippen LogP contribution in [0.15, 0.2) is 76.9 Å². The predicted octanol–water partition coefficient (Wildman–Crippen LogP) is 4.23. The molecule has 2 aromatic rings. The van der Waals surface area contributed by atoms with Crippen molar-refractivity contribution in [1.82, 2.24) is 0 Å². The van der Waals surface area contributed by atoms with Gasteiger partial charge in [-0.05, 0) is 31.4 Å². The molecular formula is C23H23NO4. The zero-order valence-corrected chi connectivity index (χ0v) is 16.1. The van der Waals surface area contributed by atoms with Crippen LogP contribution in [0.2, 0.25) is 0 Å². The van der Waals surface area contributed by atoms with E-state index in [-0.39, 0.29) is 25.6 Å². The van der Waals surface area contributed by atoms with Crippen molar-refractivity contribution < 1.29 is 19.1 Å². The lowest BCUT2D eigenvalue weighted by atomic mass is 9.91. The minimum absolute atomic E-state index is 0.183. The Balaban J connectivity index is 1.62. The Morgan fingerprint density at radius 3 is 2.00 bits per heavy atom. The summed E-state index contributed by atoms with van der Waals surface area (Å²) in [6.45, 7) is 3.92. The lowest BCUT2D eigenvalue weighted by molar-refractivity contribution is -0.147. The van der Waals surface area contributed by atoms with E-state index in [0.717, 1.165) is 11.1 Å². The molecule has 1 atom stereocenters. The van der Waals surface area contributed by atoms with E-state index < -0.39 is 11.9 Å². The predicted molar refractivity (Wildman–Crippen MR) is 106 cm³/mol. The van der Waals surface area contributed by atoms with Gasteiger partial charge in [-0.15, -0.1) is 0 Å². The summed E-state index contributed by atoms with van der Waals surface area (Å²) in [5.41, 5.74) is 3.47. The second-order valence-corrected chi connectivity index (χ2v) is 6.73. The summed E-state index contributed by atoms with van der Waals surface area (Å²) in [5, 5.41) is 0. The molecule has 2 aromatic carbocycles. The fraction of sp³-hybridized carbons (Fsp3) is 0.261. The lowest BCUT2D eigenvalue weighted by Gasteiger charge is -2.22. The number of rotatable bonds is 6. The number of allylic oxidation sites excluding steroid dienone is 1. The monoisotopic (exact) mass is 377 g/mol. The molecule has 0 radical (unpaired) electrons. The molecule has 0 spiro atoms. The number of hydrogen-bond donors (Lipinski definition) is 0. The first-order valence-corrected chi connectivity index (χ1v) is 9.21. The number of nitrogens with zero attached hydrogens (tertiary/aromatic N) is 1. The molecule has 0 N–H and O–H groups in total. The van der Waals surface area contributed by atoms with Crippen LogP contribution in [0.5, 0.6) is 0 Å². The second-order valence-electron chi connectivity index (χ2n) is 6.73. The number of carbonyl (C=O) groups is 2. The molecule has 0 aromatic heterocycles. The Morgan fingerprint density at radius 2 is 1.43 bits per heavy atom. The standard InChI is InChI=1S/C23H23NO4/c1-16-20(22(25)27-14-18-9-5-3-6-10-18)13-21(17(2)24-16)23(26)28-15-19-11-7-4-8-12-19/h3-12,20H,13-15H2,1-2H3. The molecule has 1 aliphatic rings. The van der Waals surface area contributed by atoms with E-state index in [1.165, 1.54) is 0 Å². The average molecular weight is 377 g/mol. The van der Waals surface area contributed by atoms with Crippen molar-refractivity contribution in [1.29, 1.82) is 0 Å². The van der Waals surface area contributed by atoms with Crippen molar-refractivity contribution in [2.45, 2.75) is 33.5 Å². The molecule has 1 unspecified atom stereocenters. The van der Waals surface area contributed by atoms with Gasteiger partial charge in [-0.3, -0.25) is 9.79 Å². The van der Waals surface area contributed by atoms with Crippen LogP contribution in [-0.4, -0.2) is 17.7 Å². The quantitative estimate of drug-likeness (QED) is 0.707. The van der Waals surface area contributed by atoms with Gasteiger partial charge in [-0.1, -0.05) is 60.7 Å². The average Bonchev–Trinajstić information content (AvgIpc) is 2.72. The minimum atomic E-state index is -0.577. The molecule has 1 aliphatic heterocycles. The van der Waals surface area contributed by atoms with Crippen molar-refractivity contribution in [3.05, 3.63) is 83.1 Å². The molecule has 3 rings (SSSR count). The van der Waals surface area contributed by atoms with Crippen LogP contribution in [0.4, 0.5) is 0 Å². The Bertz CT molecular complexity index is 901. The zero-order chi connectivity index (χ0) is 19.9. The van der Waals surface area contributed by atoms with E-state index in [1.54, 1.807) is 13.8 Å². The molecule has 0 fully saturated rings. The summed E-state index contributed by atoms with van der Waals surface area (Å²) in [5.74, 6) is -1.41. The highest BCUT2D eigenvalue weighted by atomic mass is 16.5.